The SMILES string of the molecule is Nc1cnc(Sc2ccccc2[N+](=O)[O-])cn1. The van der Waals surface area contributed by atoms with Crippen LogP contribution in [0.15, 0.2) is 46.6 Å². The molecule has 0 saturated carbocycles. The number of nitro benzene ring substituents is 1. The molecule has 0 saturated heterocycles. The minimum absolute atomic E-state index is 0.0520. The van der Waals surface area contributed by atoms with Crippen LogP contribution in [0.5, 0.6) is 0 Å². The van der Waals surface area contributed by atoms with E-state index in [1.807, 2.05) is 0 Å². The first-order valence-electron chi connectivity index (χ1n) is 4.65. The van der Waals surface area contributed by atoms with Crippen LogP contribution in [0.4, 0.5) is 11.5 Å². The van der Waals surface area contributed by atoms with Crippen molar-refractivity contribution >= 4 is 23.3 Å². The van der Waals surface area contributed by atoms with Crippen molar-refractivity contribution in [1.82, 2.24) is 9.97 Å². The molecule has 2 N–H and O–H groups in total. The molecule has 0 amide bonds. The fourth-order valence-electron chi connectivity index (χ4n) is 1.19. The van der Waals surface area contributed by atoms with Gasteiger partial charge in [-0.2, -0.15) is 0 Å². The normalized spacial score (nSPS) is 10.1. The van der Waals surface area contributed by atoms with Gasteiger partial charge >= 0.3 is 0 Å². The molecule has 6 nitrogen and oxygen atoms in total. The molecule has 0 aliphatic carbocycles. The summed E-state index contributed by atoms with van der Waals surface area (Å²) in [5.74, 6) is 0.317. The number of aromatic nitrogens is 2. The van der Waals surface area contributed by atoms with E-state index in [1.54, 1.807) is 18.2 Å². The fourth-order valence-corrected chi connectivity index (χ4v) is 2.02. The Kier molecular flexibility index (Phi) is 3.20. The van der Waals surface area contributed by atoms with E-state index in [9.17, 15) is 10.1 Å². The number of benzene rings is 1. The van der Waals surface area contributed by atoms with Crippen molar-refractivity contribution < 1.29 is 4.92 Å². The van der Waals surface area contributed by atoms with Gasteiger partial charge in [0.2, 0.25) is 0 Å². The average molecular weight is 248 g/mol. The molecule has 1 aromatic carbocycles. The van der Waals surface area contributed by atoms with Crippen LogP contribution in [0.3, 0.4) is 0 Å². The molecule has 0 unspecified atom stereocenters. The van der Waals surface area contributed by atoms with Crippen LogP contribution < -0.4 is 5.73 Å². The number of rotatable bonds is 3. The lowest BCUT2D eigenvalue weighted by atomic mass is 10.3. The van der Waals surface area contributed by atoms with E-state index in [0.29, 0.717) is 15.7 Å². The van der Waals surface area contributed by atoms with Crippen molar-refractivity contribution in [1.29, 1.82) is 0 Å². The van der Waals surface area contributed by atoms with Crippen LogP contribution in [0.25, 0.3) is 0 Å². The molecule has 1 heterocycles. The van der Waals surface area contributed by atoms with Crippen molar-refractivity contribution in [2.24, 2.45) is 0 Å². The third-order valence-electron chi connectivity index (χ3n) is 1.92. The van der Waals surface area contributed by atoms with E-state index in [2.05, 4.69) is 9.97 Å². The molecule has 0 aliphatic heterocycles. The summed E-state index contributed by atoms with van der Waals surface area (Å²) in [5, 5.41) is 11.4. The highest BCUT2D eigenvalue weighted by Crippen LogP contribution is 2.32. The lowest BCUT2D eigenvalue weighted by molar-refractivity contribution is -0.387. The van der Waals surface area contributed by atoms with E-state index in [0.717, 1.165) is 0 Å². The standard InChI is InChI=1S/C10H8N4O2S/c11-9-5-13-10(6-12-9)17-8-4-2-1-3-7(8)14(15)16/h1-6H,(H2,11,12). The third-order valence-corrected chi connectivity index (χ3v) is 2.91. The van der Waals surface area contributed by atoms with Crippen molar-refractivity contribution in [2.75, 3.05) is 5.73 Å². The van der Waals surface area contributed by atoms with Crippen LogP contribution in [0.2, 0.25) is 0 Å². The van der Waals surface area contributed by atoms with Gasteiger partial charge in [-0.15, -0.1) is 0 Å². The average Bonchev–Trinajstić information content (AvgIpc) is 2.32. The number of nitro groups is 1. The van der Waals surface area contributed by atoms with E-state index < -0.39 is 4.92 Å². The molecule has 0 aliphatic rings. The van der Waals surface area contributed by atoms with Gasteiger partial charge in [0.25, 0.3) is 5.69 Å². The molecular weight excluding hydrogens is 240 g/mol. The van der Waals surface area contributed by atoms with Crippen LogP contribution in [0.1, 0.15) is 0 Å². The number of para-hydroxylation sites is 1. The fraction of sp³-hybridized carbons (Fsp3) is 0. The molecular formula is C10H8N4O2S. The predicted molar refractivity (Wildman–Crippen MR) is 63.7 cm³/mol. The highest BCUT2D eigenvalue weighted by atomic mass is 32.2. The van der Waals surface area contributed by atoms with Crippen LogP contribution in [-0.4, -0.2) is 14.9 Å². The van der Waals surface area contributed by atoms with Crippen LogP contribution in [0, 0.1) is 10.1 Å². The molecule has 0 atom stereocenters. The molecule has 0 spiro atoms. The number of nitrogens with two attached hydrogens (primary N) is 1. The van der Waals surface area contributed by atoms with E-state index in [-0.39, 0.29) is 5.69 Å². The second-order valence-electron chi connectivity index (χ2n) is 3.11. The molecule has 1 aromatic heterocycles. The summed E-state index contributed by atoms with van der Waals surface area (Å²) in [6, 6.07) is 6.48. The van der Waals surface area contributed by atoms with Crippen molar-refractivity contribution in [3.05, 3.63) is 46.8 Å². The number of hydrogen-bond donors (Lipinski definition) is 1. The number of nitrogen functional groups attached to an aromatic ring is 1. The lowest BCUT2D eigenvalue weighted by Crippen LogP contribution is -1.93. The lowest BCUT2D eigenvalue weighted by Gasteiger charge is -2.01. The Labute approximate surface area is 101 Å². The van der Waals surface area contributed by atoms with Gasteiger partial charge in [-0.3, -0.25) is 10.1 Å². The molecule has 2 aromatic rings. The van der Waals surface area contributed by atoms with Gasteiger partial charge in [0.15, 0.2) is 0 Å². The highest BCUT2D eigenvalue weighted by molar-refractivity contribution is 7.99. The summed E-state index contributed by atoms with van der Waals surface area (Å²) < 4.78 is 0. The molecule has 17 heavy (non-hydrogen) atoms. The summed E-state index contributed by atoms with van der Waals surface area (Å²) in [6.45, 7) is 0. The number of hydrogen-bond acceptors (Lipinski definition) is 6. The first-order valence-corrected chi connectivity index (χ1v) is 5.47. The Balaban J connectivity index is 2.30. The van der Waals surface area contributed by atoms with Gasteiger partial charge in [0.05, 0.1) is 22.2 Å². The zero-order valence-corrected chi connectivity index (χ0v) is 9.42. The summed E-state index contributed by atoms with van der Waals surface area (Å²) in [6.07, 6.45) is 2.90. The summed E-state index contributed by atoms with van der Waals surface area (Å²) >= 11 is 1.18. The van der Waals surface area contributed by atoms with E-state index >= 15 is 0 Å². The first-order chi connectivity index (χ1) is 8.16. The minimum atomic E-state index is -0.424. The van der Waals surface area contributed by atoms with Gasteiger partial charge in [0, 0.05) is 6.07 Å². The van der Waals surface area contributed by atoms with Gasteiger partial charge < -0.3 is 5.73 Å². The highest BCUT2D eigenvalue weighted by Gasteiger charge is 2.13. The molecule has 2 rings (SSSR count). The van der Waals surface area contributed by atoms with Crippen molar-refractivity contribution in [3.8, 4) is 0 Å². The smallest absolute Gasteiger partial charge is 0.283 e. The number of anilines is 1. The Morgan fingerprint density at radius 3 is 2.65 bits per heavy atom. The predicted octanol–water partition coefficient (Wildman–Crippen LogP) is 2.12. The Morgan fingerprint density at radius 1 is 1.24 bits per heavy atom. The number of nitrogens with zero attached hydrogens (tertiary/aromatic N) is 3. The monoisotopic (exact) mass is 248 g/mol. The minimum Gasteiger partial charge on any atom is -0.382 e. The largest absolute Gasteiger partial charge is 0.382 e. The molecule has 0 fully saturated rings. The summed E-state index contributed by atoms with van der Waals surface area (Å²) in [4.78, 5) is 18.8. The summed E-state index contributed by atoms with van der Waals surface area (Å²) in [5.41, 5.74) is 5.46. The molecule has 86 valence electrons. The van der Waals surface area contributed by atoms with Gasteiger partial charge in [-0.25, -0.2) is 9.97 Å². The molecule has 7 heteroatoms. The maximum absolute atomic E-state index is 10.8. The maximum atomic E-state index is 10.8. The topological polar surface area (TPSA) is 94.9 Å². The summed E-state index contributed by atoms with van der Waals surface area (Å²) in [7, 11) is 0. The molecule has 0 radical (unpaired) electrons. The quantitative estimate of drug-likeness (QED) is 0.660. The zero-order valence-electron chi connectivity index (χ0n) is 8.61. The van der Waals surface area contributed by atoms with E-state index in [1.165, 1.54) is 30.2 Å². The first kappa shape index (κ1) is 11.3. The Morgan fingerprint density at radius 2 is 2.00 bits per heavy atom. The maximum Gasteiger partial charge on any atom is 0.283 e. The van der Waals surface area contributed by atoms with Crippen LogP contribution >= 0.6 is 11.8 Å². The van der Waals surface area contributed by atoms with E-state index in [4.69, 9.17) is 5.73 Å². The molecule has 0 bridgehead atoms. The van der Waals surface area contributed by atoms with Gasteiger partial charge in [-0.05, 0) is 6.07 Å². The zero-order chi connectivity index (χ0) is 12.3. The van der Waals surface area contributed by atoms with Gasteiger partial charge in [-0.1, -0.05) is 23.9 Å². The van der Waals surface area contributed by atoms with Crippen molar-refractivity contribution in [2.45, 2.75) is 9.92 Å². The Bertz CT molecular complexity index is 544. The van der Waals surface area contributed by atoms with Gasteiger partial charge in [0.1, 0.15) is 10.8 Å². The second-order valence-corrected chi connectivity index (χ2v) is 4.17. The van der Waals surface area contributed by atoms with Crippen LogP contribution in [-0.2, 0) is 0 Å². The van der Waals surface area contributed by atoms with Crippen molar-refractivity contribution in [3.63, 3.8) is 0 Å². The Hall–Kier alpha value is -2.15. The third kappa shape index (κ3) is 2.70. The second kappa shape index (κ2) is 4.79.